The van der Waals surface area contributed by atoms with Crippen molar-refractivity contribution in [3.63, 3.8) is 0 Å². The second-order valence-electron chi connectivity index (χ2n) is 8.01. The lowest BCUT2D eigenvalue weighted by molar-refractivity contribution is 0.0827. The summed E-state index contributed by atoms with van der Waals surface area (Å²) in [5.74, 6) is -0.363. The monoisotopic (exact) mass is 436 g/mol. The third-order valence-electron chi connectivity index (χ3n) is 5.58. The minimum Gasteiger partial charge on any atom is -0.381 e. The molecule has 0 spiro atoms. The van der Waals surface area contributed by atoms with Crippen molar-refractivity contribution in [2.45, 2.75) is 32.4 Å². The van der Waals surface area contributed by atoms with Crippen molar-refractivity contribution in [3.05, 3.63) is 47.8 Å². The highest BCUT2D eigenvalue weighted by atomic mass is 16.5. The molecule has 1 saturated heterocycles. The zero-order valence-corrected chi connectivity index (χ0v) is 18.6. The average Bonchev–Trinajstić information content (AvgIpc) is 3.23. The Labute approximate surface area is 186 Å². The molecule has 1 aliphatic rings. The van der Waals surface area contributed by atoms with E-state index in [1.54, 1.807) is 50.8 Å². The first-order valence-electron chi connectivity index (χ1n) is 10.8. The molecular formula is C23H28N6O3. The highest BCUT2D eigenvalue weighted by Gasteiger charge is 2.22. The Morgan fingerprint density at radius 1 is 1.16 bits per heavy atom. The number of ether oxygens (including phenoxy) is 1. The van der Waals surface area contributed by atoms with Gasteiger partial charge >= 0.3 is 0 Å². The van der Waals surface area contributed by atoms with Crippen LogP contribution in [-0.4, -0.2) is 64.8 Å². The summed E-state index contributed by atoms with van der Waals surface area (Å²) in [6.45, 7) is 4.08. The van der Waals surface area contributed by atoms with Gasteiger partial charge in [-0.05, 0) is 44.0 Å². The van der Waals surface area contributed by atoms with Crippen molar-refractivity contribution < 1.29 is 14.3 Å². The molecule has 0 radical (unpaired) electrons. The predicted octanol–water partition coefficient (Wildman–Crippen LogP) is 3.00. The molecule has 3 heterocycles. The third-order valence-corrected chi connectivity index (χ3v) is 5.58. The zero-order valence-electron chi connectivity index (χ0n) is 18.6. The lowest BCUT2D eigenvalue weighted by atomic mass is 10.1. The maximum atomic E-state index is 13.2. The molecule has 4 rings (SSSR count). The van der Waals surface area contributed by atoms with Crippen LogP contribution in [0, 0.1) is 0 Å². The molecule has 1 fully saturated rings. The first-order valence-corrected chi connectivity index (χ1v) is 10.8. The lowest BCUT2D eigenvalue weighted by Gasteiger charge is -2.25. The molecule has 0 bridgehead atoms. The van der Waals surface area contributed by atoms with Gasteiger partial charge in [-0.25, -0.2) is 9.67 Å². The van der Waals surface area contributed by atoms with Gasteiger partial charge in [-0.15, -0.1) is 0 Å². The van der Waals surface area contributed by atoms with Gasteiger partial charge < -0.3 is 20.3 Å². The number of benzene rings is 1. The van der Waals surface area contributed by atoms with Crippen LogP contribution in [0.1, 0.15) is 40.5 Å². The summed E-state index contributed by atoms with van der Waals surface area (Å²) in [5.41, 5.74) is 3.09. The summed E-state index contributed by atoms with van der Waals surface area (Å²) in [4.78, 5) is 31.3. The maximum Gasteiger partial charge on any atom is 0.259 e. The van der Waals surface area contributed by atoms with E-state index in [0.29, 0.717) is 36.6 Å². The van der Waals surface area contributed by atoms with Gasteiger partial charge in [0.05, 0.1) is 22.8 Å². The molecule has 2 amide bonds. The van der Waals surface area contributed by atoms with E-state index in [1.807, 2.05) is 11.6 Å². The Morgan fingerprint density at radius 3 is 2.53 bits per heavy atom. The van der Waals surface area contributed by atoms with E-state index >= 15 is 0 Å². The fourth-order valence-electron chi connectivity index (χ4n) is 3.78. The van der Waals surface area contributed by atoms with E-state index in [-0.39, 0.29) is 17.9 Å². The summed E-state index contributed by atoms with van der Waals surface area (Å²) in [6, 6.07) is 7.06. The average molecular weight is 437 g/mol. The van der Waals surface area contributed by atoms with Crippen LogP contribution in [0.4, 0.5) is 11.4 Å². The van der Waals surface area contributed by atoms with Crippen molar-refractivity contribution in [2.24, 2.45) is 0 Å². The van der Waals surface area contributed by atoms with Gasteiger partial charge in [0.25, 0.3) is 11.8 Å². The van der Waals surface area contributed by atoms with Crippen LogP contribution in [0.25, 0.3) is 11.0 Å². The second kappa shape index (κ2) is 9.35. The number of hydrogen-bond acceptors (Lipinski definition) is 6. The van der Waals surface area contributed by atoms with Crippen LogP contribution in [0.5, 0.6) is 0 Å². The molecule has 9 heteroatoms. The number of amides is 2. The number of carbonyl (C=O) groups excluding carboxylic acids is 2. The standard InChI is InChI=1S/C23H28N6O3/c1-4-29-21-18(14-25-29)20(26-17-9-11-32-12-10-17)19(13-24-21)22(30)27-16-7-5-15(6-8-16)23(31)28(2)3/h5-8,13-14,17H,4,9-12H2,1-3H3,(H,24,26)(H,27,30). The topological polar surface area (TPSA) is 101 Å². The summed E-state index contributed by atoms with van der Waals surface area (Å²) < 4.78 is 7.28. The number of rotatable bonds is 6. The summed E-state index contributed by atoms with van der Waals surface area (Å²) in [5, 5.41) is 11.7. The lowest BCUT2D eigenvalue weighted by Crippen LogP contribution is -2.29. The Morgan fingerprint density at radius 2 is 1.88 bits per heavy atom. The number of hydrogen-bond donors (Lipinski definition) is 2. The van der Waals surface area contributed by atoms with Crippen molar-refractivity contribution in [2.75, 3.05) is 37.9 Å². The molecule has 1 aliphatic heterocycles. The first kappa shape index (κ1) is 21.8. The van der Waals surface area contributed by atoms with Crippen molar-refractivity contribution in [1.82, 2.24) is 19.7 Å². The van der Waals surface area contributed by atoms with Gasteiger partial charge in [0.2, 0.25) is 0 Å². The summed E-state index contributed by atoms with van der Waals surface area (Å²) in [6.07, 6.45) is 5.09. The number of aromatic nitrogens is 3. The van der Waals surface area contributed by atoms with E-state index < -0.39 is 0 Å². The van der Waals surface area contributed by atoms with Gasteiger partial charge in [0.15, 0.2) is 5.65 Å². The quantitative estimate of drug-likeness (QED) is 0.616. The highest BCUT2D eigenvalue weighted by Crippen LogP contribution is 2.29. The van der Waals surface area contributed by atoms with Gasteiger partial charge in [0.1, 0.15) is 0 Å². The van der Waals surface area contributed by atoms with E-state index in [2.05, 4.69) is 20.7 Å². The van der Waals surface area contributed by atoms with E-state index in [0.717, 1.165) is 29.6 Å². The maximum absolute atomic E-state index is 13.2. The van der Waals surface area contributed by atoms with Gasteiger partial charge in [-0.2, -0.15) is 5.10 Å². The molecule has 1 aromatic carbocycles. The van der Waals surface area contributed by atoms with Crippen LogP contribution in [0.2, 0.25) is 0 Å². The van der Waals surface area contributed by atoms with E-state index in [4.69, 9.17) is 4.74 Å². The number of nitrogens with zero attached hydrogens (tertiary/aromatic N) is 4. The molecule has 2 aromatic heterocycles. The molecule has 3 aromatic rings. The number of aryl methyl sites for hydroxylation is 1. The van der Waals surface area contributed by atoms with Crippen molar-refractivity contribution in [1.29, 1.82) is 0 Å². The third kappa shape index (κ3) is 4.43. The number of carbonyl (C=O) groups is 2. The van der Waals surface area contributed by atoms with Crippen LogP contribution in [-0.2, 0) is 11.3 Å². The van der Waals surface area contributed by atoms with Gasteiger partial charge in [0, 0.05) is 57.3 Å². The van der Waals surface area contributed by atoms with Crippen LogP contribution in [0.15, 0.2) is 36.7 Å². The normalized spacial score (nSPS) is 14.3. The number of fused-ring (bicyclic) bond motifs is 1. The molecule has 2 N–H and O–H groups in total. The second-order valence-corrected chi connectivity index (χ2v) is 8.01. The molecular weight excluding hydrogens is 408 g/mol. The number of anilines is 2. The molecule has 0 saturated carbocycles. The minimum absolute atomic E-state index is 0.0894. The Hall–Kier alpha value is -3.46. The fourth-order valence-corrected chi connectivity index (χ4v) is 3.78. The van der Waals surface area contributed by atoms with Crippen molar-refractivity contribution >= 4 is 34.2 Å². The van der Waals surface area contributed by atoms with Crippen LogP contribution in [0.3, 0.4) is 0 Å². The molecule has 0 aliphatic carbocycles. The van der Waals surface area contributed by atoms with E-state index in [9.17, 15) is 9.59 Å². The largest absolute Gasteiger partial charge is 0.381 e. The van der Waals surface area contributed by atoms with Gasteiger partial charge in [-0.1, -0.05) is 0 Å². The fraction of sp³-hybridized carbons (Fsp3) is 0.391. The molecule has 0 atom stereocenters. The molecule has 32 heavy (non-hydrogen) atoms. The molecule has 168 valence electrons. The SMILES string of the molecule is CCn1ncc2c(NC3CCOCC3)c(C(=O)Nc3ccc(C(=O)N(C)C)cc3)cnc21. The number of pyridine rings is 1. The Bertz CT molecular complexity index is 1120. The zero-order chi connectivity index (χ0) is 22.7. The molecule has 9 nitrogen and oxygen atoms in total. The Balaban J connectivity index is 1.62. The van der Waals surface area contributed by atoms with E-state index in [1.165, 1.54) is 4.90 Å². The van der Waals surface area contributed by atoms with Crippen LogP contribution >= 0.6 is 0 Å². The minimum atomic E-state index is -0.273. The smallest absolute Gasteiger partial charge is 0.259 e. The molecule has 0 unspecified atom stereocenters. The van der Waals surface area contributed by atoms with Crippen molar-refractivity contribution in [3.8, 4) is 0 Å². The summed E-state index contributed by atoms with van der Waals surface area (Å²) >= 11 is 0. The predicted molar refractivity (Wildman–Crippen MR) is 123 cm³/mol. The summed E-state index contributed by atoms with van der Waals surface area (Å²) in [7, 11) is 3.41. The highest BCUT2D eigenvalue weighted by molar-refractivity contribution is 6.12. The first-order chi connectivity index (χ1) is 15.5. The van der Waals surface area contributed by atoms with Crippen LogP contribution < -0.4 is 10.6 Å². The number of nitrogens with one attached hydrogen (secondary N) is 2. The van der Waals surface area contributed by atoms with Gasteiger partial charge in [-0.3, -0.25) is 9.59 Å². The Kier molecular flexibility index (Phi) is 6.36.